The lowest BCUT2D eigenvalue weighted by Gasteiger charge is -2.29. The van der Waals surface area contributed by atoms with Crippen LogP contribution in [0.4, 0.5) is 0 Å². The van der Waals surface area contributed by atoms with Gasteiger partial charge < -0.3 is 23.7 Å². The van der Waals surface area contributed by atoms with Crippen molar-refractivity contribution in [2.45, 2.75) is 32.0 Å². The van der Waals surface area contributed by atoms with E-state index in [0.717, 1.165) is 5.57 Å². The van der Waals surface area contributed by atoms with E-state index >= 15 is 0 Å². The van der Waals surface area contributed by atoms with Gasteiger partial charge in [0, 0.05) is 34.0 Å². The molecular weight excluding hydrogens is 236 g/mol. The van der Waals surface area contributed by atoms with E-state index in [1.54, 1.807) is 14.2 Å². The molecule has 0 aromatic rings. The average Bonchev–Trinajstić information content (AvgIpc) is 3.13. The van der Waals surface area contributed by atoms with E-state index < -0.39 is 11.8 Å². The van der Waals surface area contributed by atoms with Gasteiger partial charge in [-0.05, 0) is 19.4 Å². The molecule has 1 saturated heterocycles. The van der Waals surface area contributed by atoms with Gasteiger partial charge in [0.05, 0.1) is 0 Å². The monoisotopic (exact) mass is 258 g/mol. The van der Waals surface area contributed by atoms with Crippen LogP contribution in [0.1, 0.15) is 20.3 Å². The lowest BCUT2D eigenvalue weighted by molar-refractivity contribution is -0.194. The zero-order valence-corrected chi connectivity index (χ0v) is 11.9. The van der Waals surface area contributed by atoms with Gasteiger partial charge in [0.25, 0.3) is 0 Å². The third-order valence-electron chi connectivity index (χ3n) is 3.05. The largest absolute Gasteiger partial charge is 0.427 e. The van der Waals surface area contributed by atoms with Crippen LogP contribution in [0.2, 0.25) is 0 Å². The topological polar surface area (TPSA) is 49.5 Å². The molecule has 104 valence electrons. The Hall–Kier alpha value is -0.880. The van der Waals surface area contributed by atoms with Crippen molar-refractivity contribution in [3.05, 3.63) is 23.5 Å². The van der Waals surface area contributed by atoms with E-state index in [-0.39, 0.29) is 0 Å². The van der Waals surface area contributed by atoms with Crippen molar-refractivity contribution in [1.82, 2.24) is 0 Å². The standard InChI is InChI=1S/C13H22O5/c1-7-9-12(14-3,15-4)10(8-2)11-13(16-5,17-6)18-11/h7,9H,8H2,1-6H3/b9-7+,11-10-. The first-order valence-electron chi connectivity index (χ1n) is 5.87. The van der Waals surface area contributed by atoms with E-state index in [9.17, 15) is 0 Å². The van der Waals surface area contributed by atoms with Crippen LogP contribution in [-0.4, -0.2) is 40.2 Å². The highest BCUT2D eigenvalue weighted by atomic mass is 16.9. The molecule has 0 amide bonds. The lowest BCUT2D eigenvalue weighted by Crippen LogP contribution is -2.34. The van der Waals surface area contributed by atoms with Crippen LogP contribution in [0.3, 0.4) is 0 Å². The molecule has 0 bridgehead atoms. The summed E-state index contributed by atoms with van der Waals surface area (Å²) in [5.74, 6) is -1.43. The molecule has 0 radical (unpaired) electrons. The van der Waals surface area contributed by atoms with Crippen molar-refractivity contribution in [3.63, 3.8) is 0 Å². The molecule has 5 nitrogen and oxygen atoms in total. The van der Waals surface area contributed by atoms with Gasteiger partial charge in [0.1, 0.15) is 0 Å². The molecule has 18 heavy (non-hydrogen) atoms. The summed E-state index contributed by atoms with van der Waals surface area (Å²) in [4.78, 5) is 0. The summed E-state index contributed by atoms with van der Waals surface area (Å²) in [6.07, 6.45) is 4.39. The van der Waals surface area contributed by atoms with Crippen molar-refractivity contribution in [1.29, 1.82) is 0 Å². The number of allylic oxidation sites excluding steroid dienone is 1. The molecule has 0 atom stereocenters. The molecule has 1 rings (SSSR count). The third-order valence-corrected chi connectivity index (χ3v) is 3.05. The van der Waals surface area contributed by atoms with Crippen LogP contribution in [0.25, 0.3) is 0 Å². The van der Waals surface area contributed by atoms with Gasteiger partial charge in [-0.1, -0.05) is 13.0 Å². The highest BCUT2D eigenvalue weighted by Gasteiger charge is 2.60. The van der Waals surface area contributed by atoms with Crippen LogP contribution < -0.4 is 0 Å². The summed E-state index contributed by atoms with van der Waals surface area (Å²) in [7, 11) is 6.23. The zero-order valence-electron chi connectivity index (χ0n) is 11.9. The van der Waals surface area contributed by atoms with Gasteiger partial charge in [-0.3, -0.25) is 0 Å². The summed E-state index contributed by atoms with van der Waals surface area (Å²) >= 11 is 0. The zero-order chi connectivity index (χ0) is 13.8. The van der Waals surface area contributed by atoms with Gasteiger partial charge in [0.2, 0.25) is 11.5 Å². The fourth-order valence-electron chi connectivity index (χ4n) is 2.06. The maximum atomic E-state index is 5.51. The minimum atomic E-state index is -1.09. The fraction of sp³-hybridized carbons (Fsp3) is 0.692. The van der Waals surface area contributed by atoms with Crippen molar-refractivity contribution in [2.75, 3.05) is 28.4 Å². The molecule has 0 unspecified atom stereocenters. The molecule has 0 aromatic heterocycles. The molecule has 5 heteroatoms. The summed E-state index contributed by atoms with van der Waals surface area (Å²) < 4.78 is 26.9. The van der Waals surface area contributed by atoms with Crippen molar-refractivity contribution >= 4 is 0 Å². The van der Waals surface area contributed by atoms with Crippen LogP contribution in [0.5, 0.6) is 0 Å². The van der Waals surface area contributed by atoms with Crippen molar-refractivity contribution in [2.24, 2.45) is 0 Å². The first-order chi connectivity index (χ1) is 8.59. The predicted molar refractivity (Wildman–Crippen MR) is 66.7 cm³/mol. The predicted octanol–water partition coefficient (Wildman–Crippen LogP) is 2.19. The maximum Gasteiger partial charge on any atom is 0.390 e. The third kappa shape index (κ3) is 2.31. The summed E-state index contributed by atoms with van der Waals surface area (Å²) in [5, 5.41) is 0. The number of methoxy groups -OCH3 is 4. The van der Waals surface area contributed by atoms with Gasteiger partial charge in [-0.25, -0.2) is 0 Å². The first-order valence-corrected chi connectivity index (χ1v) is 5.87. The van der Waals surface area contributed by atoms with Crippen molar-refractivity contribution < 1.29 is 23.7 Å². The SMILES string of the molecule is C/C=C/C(OC)(OC)/C(CC)=C1\OC1(OC)OC. The molecule has 1 fully saturated rings. The molecule has 1 heterocycles. The molecule has 0 N–H and O–H groups in total. The Balaban J connectivity index is 3.21. The normalized spacial score (nSPS) is 21.0. The number of ether oxygens (including phenoxy) is 5. The summed E-state index contributed by atoms with van der Waals surface area (Å²) in [6, 6.07) is 0. The second-order valence-electron chi connectivity index (χ2n) is 3.80. The highest BCUT2D eigenvalue weighted by molar-refractivity contribution is 5.33. The molecular formula is C13H22O5. The maximum absolute atomic E-state index is 5.51. The van der Waals surface area contributed by atoms with Crippen LogP contribution in [0.15, 0.2) is 23.5 Å². The number of epoxide rings is 1. The van der Waals surface area contributed by atoms with E-state index in [1.165, 1.54) is 14.2 Å². The Kier molecular flexibility index (Phi) is 4.92. The number of hydrogen-bond donors (Lipinski definition) is 0. The number of rotatable bonds is 7. The van der Waals surface area contributed by atoms with E-state index in [1.807, 2.05) is 26.0 Å². The lowest BCUT2D eigenvalue weighted by atomic mass is 10.0. The number of hydrogen-bond acceptors (Lipinski definition) is 5. The highest BCUT2D eigenvalue weighted by Crippen LogP contribution is 2.48. The van der Waals surface area contributed by atoms with Gasteiger partial charge in [-0.2, -0.15) is 0 Å². The molecule has 0 saturated carbocycles. The second kappa shape index (κ2) is 5.84. The quantitative estimate of drug-likeness (QED) is 0.398. The van der Waals surface area contributed by atoms with Crippen LogP contribution in [0, 0.1) is 0 Å². The van der Waals surface area contributed by atoms with Gasteiger partial charge in [-0.15, -0.1) is 0 Å². The van der Waals surface area contributed by atoms with Gasteiger partial charge >= 0.3 is 5.97 Å². The summed E-state index contributed by atoms with van der Waals surface area (Å²) in [5.41, 5.74) is 0.842. The van der Waals surface area contributed by atoms with Crippen molar-refractivity contribution in [3.8, 4) is 0 Å². The molecule has 0 spiro atoms. The minimum Gasteiger partial charge on any atom is -0.427 e. The minimum absolute atomic E-state index is 0.608. The Morgan fingerprint density at radius 3 is 2.06 bits per heavy atom. The molecule has 0 aromatic carbocycles. The molecule has 0 aliphatic carbocycles. The van der Waals surface area contributed by atoms with Crippen LogP contribution in [-0.2, 0) is 23.7 Å². The first kappa shape index (κ1) is 15.2. The molecule has 1 aliphatic heterocycles. The Labute approximate surface area is 108 Å². The fourth-order valence-corrected chi connectivity index (χ4v) is 2.06. The van der Waals surface area contributed by atoms with Crippen LogP contribution >= 0.6 is 0 Å². The Morgan fingerprint density at radius 2 is 1.78 bits per heavy atom. The Morgan fingerprint density at radius 1 is 1.22 bits per heavy atom. The Bertz CT molecular complexity index is 337. The van der Waals surface area contributed by atoms with E-state index in [0.29, 0.717) is 12.2 Å². The smallest absolute Gasteiger partial charge is 0.390 e. The second-order valence-corrected chi connectivity index (χ2v) is 3.80. The van der Waals surface area contributed by atoms with Gasteiger partial charge in [0.15, 0.2) is 0 Å². The van der Waals surface area contributed by atoms with E-state index in [2.05, 4.69) is 0 Å². The van der Waals surface area contributed by atoms with E-state index in [4.69, 9.17) is 23.7 Å². The summed E-state index contributed by atoms with van der Waals surface area (Å²) in [6.45, 7) is 3.90. The molecule has 1 aliphatic rings. The average molecular weight is 258 g/mol.